The molecule has 286 valence electrons. The molecule has 0 bridgehead atoms. The molecule has 1 aromatic heterocycles. The van der Waals surface area contributed by atoms with Gasteiger partial charge in [-0.2, -0.15) is 0 Å². The van der Waals surface area contributed by atoms with Gasteiger partial charge in [-0.3, -0.25) is 38.9 Å². The first-order valence-corrected chi connectivity index (χ1v) is 19.1. The highest BCUT2D eigenvalue weighted by molar-refractivity contribution is 6.38. The van der Waals surface area contributed by atoms with Crippen LogP contribution in [0.1, 0.15) is 128 Å². The van der Waals surface area contributed by atoms with E-state index in [4.69, 9.17) is 0 Å². The van der Waals surface area contributed by atoms with Crippen molar-refractivity contribution in [3.63, 3.8) is 0 Å². The summed E-state index contributed by atoms with van der Waals surface area (Å²) in [4.78, 5) is 97.2. The van der Waals surface area contributed by atoms with E-state index < -0.39 is 69.8 Å². The molecule has 2 unspecified atom stereocenters. The van der Waals surface area contributed by atoms with E-state index in [1.807, 2.05) is 27.7 Å². The number of aromatic amines is 1. The molecule has 5 amide bonds. The SMILES string of the molecule is CCC[C@H](NC(=O)[C@H]1CC2CCCCC2N1C(=O)[C@@H](NC(=O)[C@@H](NC(=O)c1cc([N+](=O)[O-])c[nH]1)C1CCCCC1)C(C)(C)C)C(=O)C(=O)NC1CC1. The highest BCUT2D eigenvalue weighted by Gasteiger charge is 2.51. The summed E-state index contributed by atoms with van der Waals surface area (Å²) < 4.78 is 0. The summed E-state index contributed by atoms with van der Waals surface area (Å²) in [6, 6.07) is -3.10. The first kappa shape index (κ1) is 38.9. The molecule has 4 fully saturated rings. The van der Waals surface area contributed by atoms with Crippen LogP contribution in [0.15, 0.2) is 12.3 Å². The first-order valence-electron chi connectivity index (χ1n) is 19.1. The van der Waals surface area contributed by atoms with Gasteiger partial charge in [0, 0.05) is 18.2 Å². The zero-order valence-corrected chi connectivity index (χ0v) is 30.8. The van der Waals surface area contributed by atoms with Gasteiger partial charge in [-0.25, -0.2) is 0 Å². The first-order chi connectivity index (χ1) is 24.7. The monoisotopic (exact) mass is 725 g/mol. The van der Waals surface area contributed by atoms with Crippen molar-refractivity contribution in [1.29, 1.82) is 0 Å². The van der Waals surface area contributed by atoms with Crippen LogP contribution in [0.5, 0.6) is 0 Å². The number of carbonyl (C=O) groups excluding carboxylic acids is 6. The van der Waals surface area contributed by atoms with Crippen LogP contribution >= 0.6 is 0 Å². The van der Waals surface area contributed by atoms with Crippen LogP contribution < -0.4 is 21.3 Å². The molecule has 3 saturated carbocycles. The maximum Gasteiger partial charge on any atom is 0.289 e. The number of Topliss-reactive ketones (excluding diaryl/α,β-unsaturated/α-hetero) is 1. The van der Waals surface area contributed by atoms with Crippen LogP contribution in [0.4, 0.5) is 5.69 Å². The Morgan fingerprint density at radius 1 is 0.942 bits per heavy atom. The predicted octanol–water partition coefficient (Wildman–Crippen LogP) is 3.42. The molecule has 3 aliphatic carbocycles. The number of ketones is 1. The molecule has 0 spiro atoms. The summed E-state index contributed by atoms with van der Waals surface area (Å²) in [7, 11) is 0. The Morgan fingerprint density at radius 3 is 2.23 bits per heavy atom. The standard InChI is InChI=1S/C37H55N7O8/c1-5-11-25(30(45)35(49)39-23-16-17-23)40-33(47)28-18-22-14-9-10-15-27(22)43(28)36(50)31(37(2,3)4)42-34(48)29(21-12-7-6-8-13-21)41-32(46)26-19-24(20-38-26)44(51)52/h19-23,25,27-29,31,38H,5-18H2,1-4H3,(H,39,49)(H,40,47)(H,41,46)(H,42,48)/t22?,25-,27?,28+,29-,31+/m0/s1. The molecule has 5 rings (SSSR count). The van der Waals surface area contributed by atoms with Gasteiger partial charge in [0.1, 0.15) is 23.8 Å². The van der Waals surface area contributed by atoms with Crippen LogP contribution in [0.25, 0.3) is 0 Å². The lowest BCUT2D eigenvalue weighted by atomic mass is 9.81. The number of nitro groups is 1. The Morgan fingerprint density at radius 2 is 1.62 bits per heavy atom. The number of rotatable bonds is 14. The van der Waals surface area contributed by atoms with Gasteiger partial charge in [0.05, 0.1) is 17.2 Å². The minimum Gasteiger partial charge on any atom is -0.351 e. The van der Waals surface area contributed by atoms with Crippen molar-refractivity contribution >= 4 is 41.0 Å². The summed E-state index contributed by atoms with van der Waals surface area (Å²) in [5.41, 5.74) is -1.13. The number of amides is 5. The van der Waals surface area contributed by atoms with Gasteiger partial charge in [-0.05, 0) is 68.6 Å². The Hall–Kier alpha value is -4.30. The number of H-pyrrole nitrogens is 1. The maximum absolute atomic E-state index is 14.8. The largest absolute Gasteiger partial charge is 0.351 e. The highest BCUT2D eigenvalue weighted by Crippen LogP contribution is 2.41. The number of hydrogen-bond donors (Lipinski definition) is 5. The number of fused-ring (bicyclic) bond motifs is 1. The molecule has 15 heteroatoms. The molecule has 6 atom stereocenters. The quantitative estimate of drug-likeness (QED) is 0.109. The van der Waals surface area contributed by atoms with E-state index in [0.717, 1.165) is 63.6 Å². The van der Waals surface area contributed by atoms with E-state index in [0.29, 0.717) is 32.1 Å². The van der Waals surface area contributed by atoms with Crippen LogP contribution in [-0.2, 0) is 24.0 Å². The van der Waals surface area contributed by atoms with Crippen LogP contribution in [0.2, 0.25) is 0 Å². The van der Waals surface area contributed by atoms with Gasteiger partial charge in [-0.15, -0.1) is 0 Å². The van der Waals surface area contributed by atoms with Gasteiger partial charge >= 0.3 is 0 Å². The van der Waals surface area contributed by atoms with E-state index in [1.54, 1.807) is 4.90 Å². The molecule has 2 heterocycles. The van der Waals surface area contributed by atoms with E-state index >= 15 is 0 Å². The summed E-state index contributed by atoms with van der Waals surface area (Å²) in [5, 5.41) is 22.6. The fraction of sp³-hybridized carbons (Fsp3) is 0.730. The summed E-state index contributed by atoms with van der Waals surface area (Å²) in [6.07, 6.45) is 11.5. The average Bonchev–Trinajstić information content (AvgIpc) is 3.62. The molecule has 4 aliphatic rings. The Kier molecular flexibility index (Phi) is 12.4. The zero-order valence-electron chi connectivity index (χ0n) is 30.8. The van der Waals surface area contributed by atoms with Gasteiger partial charge in [0.25, 0.3) is 17.5 Å². The lowest BCUT2D eigenvalue weighted by Gasteiger charge is -2.40. The minimum absolute atomic E-state index is 0.00835. The fourth-order valence-electron chi connectivity index (χ4n) is 8.21. The van der Waals surface area contributed by atoms with Gasteiger partial charge in [0.2, 0.25) is 23.5 Å². The lowest BCUT2D eigenvalue weighted by molar-refractivity contribution is -0.384. The Labute approximate surface area is 304 Å². The third-order valence-corrected chi connectivity index (χ3v) is 11.2. The zero-order chi connectivity index (χ0) is 37.7. The van der Waals surface area contributed by atoms with Crippen molar-refractivity contribution in [1.82, 2.24) is 31.2 Å². The third-order valence-electron chi connectivity index (χ3n) is 11.2. The molecule has 0 radical (unpaired) electrons. The molecule has 15 nitrogen and oxygen atoms in total. The molecule has 1 aromatic rings. The van der Waals surface area contributed by atoms with E-state index in [-0.39, 0.29) is 41.7 Å². The second kappa shape index (κ2) is 16.6. The van der Waals surface area contributed by atoms with Crippen molar-refractivity contribution in [3.8, 4) is 0 Å². The van der Waals surface area contributed by atoms with Crippen LogP contribution in [0.3, 0.4) is 0 Å². The number of likely N-dealkylation sites (tertiary alicyclic amines) is 1. The molecule has 1 aliphatic heterocycles. The van der Waals surface area contributed by atoms with Gasteiger partial charge < -0.3 is 31.2 Å². The predicted molar refractivity (Wildman–Crippen MR) is 191 cm³/mol. The summed E-state index contributed by atoms with van der Waals surface area (Å²) in [6.45, 7) is 7.37. The molecule has 52 heavy (non-hydrogen) atoms. The third kappa shape index (κ3) is 9.19. The molecule has 5 N–H and O–H groups in total. The number of carbonyl (C=O) groups is 6. The van der Waals surface area contributed by atoms with Crippen molar-refractivity contribution in [2.45, 2.75) is 154 Å². The molecular formula is C37H55N7O8. The Balaban J connectivity index is 1.38. The minimum atomic E-state index is -1.07. The summed E-state index contributed by atoms with van der Waals surface area (Å²) >= 11 is 0. The number of hydrogen-bond acceptors (Lipinski definition) is 8. The van der Waals surface area contributed by atoms with E-state index in [9.17, 15) is 38.9 Å². The van der Waals surface area contributed by atoms with Crippen molar-refractivity contribution in [2.24, 2.45) is 17.3 Å². The maximum atomic E-state index is 14.8. The smallest absolute Gasteiger partial charge is 0.289 e. The normalized spacial score (nSPS) is 23.8. The van der Waals surface area contributed by atoms with Gasteiger partial charge in [-0.1, -0.05) is 66.2 Å². The van der Waals surface area contributed by atoms with E-state index in [2.05, 4.69) is 26.3 Å². The van der Waals surface area contributed by atoms with Crippen LogP contribution in [0, 0.1) is 27.4 Å². The highest BCUT2D eigenvalue weighted by atomic mass is 16.6. The topological polar surface area (TPSA) is 213 Å². The molecule has 0 aromatic carbocycles. The Bertz CT molecular complexity index is 1530. The number of aromatic nitrogens is 1. The lowest BCUT2D eigenvalue weighted by Crippen LogP contribution is -2.63. The van der Waals surface area contributed by atoms with Crippen molar-refractivity contribution < 1.29 is 33.7 Å². The molecular weight excluding hydrogens is 670 g/mol. The average molecular weight is 726 g/mol. The van der Waals surface area contributed by atoms with Crippen molar-refractivity contribution in [3.05, 3.63) is 28.1 Å². The van der Waals surface area contributed by atoms with E-state index in [1.165, 1.54) is 0 Å². The second-order valence-corrected chi connectivity index (χ2v) is 16.3. The summed E-state index contributed by atoms with van der Waals surface area (Å²) in [5.74, 6) is -3.64. The molecule has 1 saturated heterocycles. The number of nitrogens with one attached hydrogen (secondary N) is 5. The number of nitrogens with zero attached hydrogens (tertiary/aromatic N) is 2. The second-order valence-electron chi connectivity index (χ2n) is 16.3. The van der Waals surface area contributed by atoms with Crippen LogP contribution in [-0.4, -0.2) is 86.4 Å². The fourth-order valence-corrected chi connectivity index (χ4v) is 8.21. The van der Waals surface area contributed by atoms with Crippen molar-refractivity contribution in [2.75, 3.05) is 0 Å². The van der Waals surface area contributed by atoms with Gasteiger partial charge in [0.15, 0.2) is 0 Å².